The molecule has 6 nitrogen and oxygen atoms in total. The Morgan fingerprint density at radius 3 is 2.70 bits per heavy atom. The van der Waals surface area contributed by atoms with Crippen molar-refractivity contribution in [2.45, 2.75) is 32.5 Å². The van der Waals surface area contributed by atoms with Crippen LogP contribution in [-0.4, -0.2) is 33.5 Å². The van der Waals surface area contributed by atoms with Crippen LogP contribution in [-0.2, 0) is 24.3 Å². The molecule has 4 aromatic rings. The summed E-state index contributed by atoms with van der Waals surface area (Å²) in [7, 11) is 1.61. The number of ether oxygens (including phenoxy) is 1. The van der Waals surface area contributed by atoms with E-state index in [9.17, 15) is 14.0 Å². The molecule has 1 atom stereocenters. The van der Waals surface area contributed by atoms with E-state index in [2.05, 4.69) is 4.98 Å². The second-order valence-electron chi connectivity index (χ2n) is 7.84. The summed E-state index contributed by atoms with van der Waals surface area (Å²) in [6, 6.07) is 15.4. The quantitative estimate of drug-likeness (QED) is 0.390. The SMILES string of the molecule is COc1ccc(CN(C(=O)Cn2cnc3cc(F)ccc3c2=O)C(C)Cc2cccs2)cc1. The molecule has 0 radical (unpaired) electrons. The second kappa shape index (κ2) is 9.95. The van der Waals surface area contributed by atoms with E-state index in [4.69, 9.17) is 4.74 Å². The van der Waals surface area contributed by atoms with E-state index in [0.717, 1.165) is 11.3 Å². The van der Waals surface area contributed by atoms with Crippen molar-refractivity contribution in [2.24, 2.45) is 0 Å². The highest BCUT2D eigenvalue weighted by Gasteiger charge is 2.22. The van der Waals surface area contributed by atoms with Crippen molar-refractivity contribution >= 4 is 28.1 Å². The number of thiophene rings is 1. The van der Waals surface area contributed by atoms with Crippen LogP contribution in [0.2, 0.25) is 0 Å². The molecule has 0 saturated carbocycles. The molecule has 0 aliphatic heterocycles. The van der Waals surface area contributed by atoms with Crippen LogP contribution in [0, 0.1) is 5.82 Å². The summed E-state index contributed by atoms with van der Waals surface area (Å²) < 4.78 is 20.0. The van der Waals surface area contributed by atoms with Crippen LogP contribution in [0.3, 0.4) is 0 Å². The van der Waals surface area contributed by atoms with Gasteiger partial charge in [-0.3, -0.25) is 14.2 Å². The Hall–Kier alpha value is -3.52. The van der Waals surface area contributed by atoms with E-state index < -0.39 is 5.82 Å². The number of nitrogens with zero attached hydrogens (tertiary/aromatic N) is 3. The first-order valence-corrected chi connectivity index (χ1v) is 11.4. The molecular weight excluding hydrogens is 441 g/mol. The van der Waals surface area contributed by atoms with Crippen molar-refractivity contribution in [3.05, 3.63) is 92.9 Å². The summed E-state index contributed by atoms with van der Waals surface area (Å²) in [5, 5.41) is 2.29. The lowest BCUT2D eigenvalue weighted by molar-refractivity contribution is -0.134. The van der Waals surface area contributed by atoms with Gasteiger partial charge in [-0.05, 0) is 48.2 Å². The summed E-state index contributed by atoms with van der Waals surface area (Å²) in [4.78, 5) is 33.4. The first-order chi connectivity index (χ1) is 15.9. The maximum Gasteiger partial charge on any atom is 0.261 e. The molecule has 0 aliphatic rings. The number of aromatic nitrogens is 2. The summed E-state index contributed by atoms with van der Waals surface area (Å²) in [5.41, 5.74) is 0.857. The molecule has 0 saturated heterocycles. The third-order valence-electron chi connectivity index (χ3n) is 5.53. The molecule has 1 unspecified atom stereocenters. The van der Waals surface area contributed by atoms with Crippen LogP contribution >= 0.6 is 11.3 Å². The van der Waals surface area contributed by atoms with Crippen LogP contribution in [0.4, 0.5) is 4.39 Å². The van der Waals surface area contributed by atoms with Gasteiger partial charge in [-0.2, -0.15) is 0 Å². The Morgan fingerprint density at radius 2 is 2.00 bits per heavy atom. The molecular formula is C25H24FN3O3S. The van der Waals surface area contributed by atoms with Crippen molar-refractivity contribution in [3.8, 4) is 5.75 Å². The molecule has 0 aliphatic carbocycles. The van der Waals surface area contributed by atoms with Gasteiger partial charge in [-0.15, -0.1) is 11.3 Å². The molecule has 170 valence electrons. The zero-order valence-corrected chi connectivity index (χ0v) is 19.2. The van der Waals surface area contributed by atoms with Crippen molar-refractivity contribution in [3.63, 3.8) is 0 Å². The number of hydrogen-bond acceptors (Lipinski definition) is 5. The van der Waals surface area contributed by atoms with Crippen molar-refractivity contribution in [1.82, 2.24) is 14.5 Å². The number of carbonyl (C=O) groups is 1. The molecule has 0 N–H and O–H groups in total. The Bertz CT molecular complexity index is 1300. The van der Waals surface area contributed by atoms with Gasteiger partial charge in [0.05, 0.1) is 24.3 Å². The highest BCUT2D eigenvalue weighted by Crippen LogP contribution is 2.19. The molecule has 0 fully saturated rings. The van der Waals surface area contributed by atoms with E-state index in [-0.39, 0.29) is 35.0 Å². The summed E-state index contributed by atoms with van der Waals surface area (Å²) in [6.45, 7) is 2.26. The van der Waals surface area contributed by atoms with Crippen LogP contribution in [0.5, 0.6) is 5.75 Å². The number of halogens is 1. The molecule has 0 spiro atoms. The van der Waals surface area contributed by atoms with Gasteiger partial charge in [0.25, 0.3) is 5.56 Å². The first kappa shape index (κ1) is 22.7. The van der Waals surface area contributed by atoms with Crippen LogP contribution < -0.4 is 10.3 Å². The highest BCUT2D eigenvalue weighted by molar-refractivity contribution is 7.09. The maximum atomic E-state index is 13.5. The Morgan fingerprint density at radius 1 is 1.21 bits per heavy atom. The van der Waals surface area contributed by atoms with Gasteiger partial charge < -0.3 is 9.64 Å². The lowest BCUT2D eigenvalue weighted by Crippen LogP contribution is -2.42. The Labute approximate surface area is 194 Å². The lowest BCUT2D eigenvalue weighted by Gasteiger charge is -2.30. The molecule has 2 heterocycles. The van der Waals surface area contributed by atoms with E-state index >= 15 is 0 Å². The molecule has 4 rings (SSSR count). The van der Waals surface area contributed by atoms with Gasteiger partial charge in [0, 0.05) is 30.0 Å². The Kier molecular flexibility index (Phi) is 6.84. The van der Waals surface area contributed by atoms with Crippen molar-refractivity contribution in [2.75, 3.05) is 7.11 Å². The zero-order chi connectivity index (χ0) is 23.4. The molecule has 0 bridgehead atoms. The van der Waals surface area contributed by atoms with E-state index in [1.54, 1.807) is 23.3 Å². The van der Waals surface area contributed by atoms with Crippen LogP contribution in [0.25, 0.3) is 10.9 Å². The van der Waals surface area contributed by atoms with Gasteiger partial charge >= 0.3 is 0 Å². The van der Waals surface area contributed by atoms with E-state index in [1.165, 1.54) is 34.0 Å². The number of methoxy groups -OCH3 is 1. The number of fused-ring (bicyclic) bond motifs is 1. The number of amides is 1. The third-order valence-corrected chi connectivity index (χ3v) is 6.43. The monoisotopic (exact) mass is 465 g/mol. The third kappa shape index (κ3) is 5.28. The fraction of sp³-hybridized carbons (Fsp3) is 0.240. The fourth-order valence-corrected chi connectivity index (χ4v) is 4.55. The standard InChI is InChI=1S/C25H24FN3O3S/c1-17(12-21-4-3-11-33-21)29(14-18-5-8-20(32-2)9-6-18)24(30)15-28-16-27-23-13-19(26)7-10-22(23)25(28)31/h3-11,13,16-17H,12,14-15H2,1-2H3. The topological polar surface area (TPSA) is 64.4 Å². The Balaban J connectivity index is 1.60. The molecule has 2 aromatic heterocycles. The van der Waals surface area contributed by atoms with Crippen LogP contribution in [0.1, 0.15) is 17.4 Å². The van der Waals surface area contributed by atoms with Gasteiger partial charge in [-0.1, -0.05) is 18.2 Å². The molecule has 1 amide bonds. The minimum absolute atomic E-state index is 0.0866. The zero-order valence-electron chi connectivity index (χ0n) is 18.4. The minimum atomic E-state index is -0.462. The predicted molar refractivity (Wildman–Crippen MR) is 127 cm³/mol. The molecule has 8 heteroatoms. The number of carbonyl (C=O) groups excluding carboxylic acids is 1. The van der Waals surface area contributed by atoms with Crippen molar-refractivity contribution in [1.29, 1.82) is 0 Å². The molecule has 33 heavy (non-hydrogen) atoms. The maximum absolute atomic E-state index is 13.5. The molecule has 2 aromatic carbocycles. The fourth-order valence-electron chi connectivity index (χ4n) is 3.73. The number of hydrogen-bond donors (Lipinski definition) is 0. The van der Waals surface area contributed by atoms with Gasteiger partial charge in [0.2, 0.25) is 5.91 Å². The van der Waals surface area contributed by atoms with Gasteiger partial charge in [0.15, 0.2) is 0 Å². The smallest absolute Gasteiger partial charge is 0.261 e. The van der Waals surface area contributed by atoms with Crippen molar-refractivity contribution < 1.29 is 13.9 Å². The number of benzene rings is 2. The average Bonchev–Trinajstić information content (AvgIpc) is 3.32. The second-order valence-corrected chi connectivity index (χ2v) is 8.87. The van der Waals surface area contributed by atoms with Gasteiger partial charge in [-0.25, -0.2) is 9.37 Å². The minimum Gasteiger partial charge on any atom is -0.497 e. The number of rotatable bonds is 8. The summed E-state index contributed by atoms with van der Waals surface area (Å²) in [6.07, 6.45) is 2.02. The summed E-state index contributed by atoms with van der Waals surface area (Å²) in [5.74, 6) is 0.0880. The lowest BCUT2D eigenvalue weighted by atomic mass is 10.1. The largest absolute Gasteiger partial charge is 0.497 e. The normalized spacial score (nSPS) is 12.0. The van der Waals surface area contributed by atoms with Crippen LogP contribution in [0.15, 0.2) is 71.1 Å². The highest BCUT2D eigenvalue weighted by atomic mass is 32.1. The first-order valence-electron chi connectivity index (χ1n) is 10.5. The van der Waals surface area contributed by atoms with E-state index in [1.807, 2.05) is 48.7 Å². The average molecular weight is 466 g/mol. The van der Waals surface area contributed by atoms with E-state index in [0.29, 0.717) is 13.0 Å². The van der Waals surface area contributed by atoms with Gasteiger partial charge in [0.1, 0.15) is 18.1 Å². The summed E-state index contributed by atoms with van der Waals surface area (Å²) >= 11 is 1.65. The predicted octanol–water partition coefficient (Wildman–Crippen LogP) is 4.27.